The Morgan fingerprint density at radius 2 is 2.05 bits per heavy atom. The largest absolute Gasteiger partial charge is 0.497 e. The highest BCUT2D eigenvalue weighted by Crippen LogP contribution is 2.19. The molecule has 0 spiro atoms. The van der Waals surface area contributed by atoms with Gasteiger partial charge in [0.25, 0.3) is 0 Å². The summed E-state index contributed by atoms with van der Waals surface area (Å²) in [6.07, 6.45) is 3.65. The summed E-state index contributed by atoms with van der Waals surface area (Å²) in [7, 11) is 3.60. The number of rotatable bonds is 6. The number of aromatic nitrogens is 2. The maximum atomic E-state index is 5.63. The van der Waals surface area contributed by atoms with E-state index in [0.717, 1.165) is 24.3 Å². The van der Waals surface area contributed by atoms with E-state index in [4.69, 9.17) is 10.6 Å². The highest BCUT2D eigenvalue weighted by atomic mass is 16.5. The Labute approximate surface area is 113 Å². The lowest BCUT2D eigenvalue weighted by Crippen LogP contribution is -2.30. The number of hydrogen-bond donors (Lipinski definition) is 2. The van der Waals surface area contributed by atoms with E-state index in [9.17, 15) is 0 Å². The Kier molecular flexibility index (Phi) is 4.54. The summed E-state index contributed by atoms with van der Waals surface area (Å²) >= 11 is 0. The summed E-state index contributed by atoms with van der Waals surface area (Å²) in [4.78, 5) is 0. The monoisotopic (exact) mass is 260 g/mol. The molecule has 19 heavy (non-hydrogen) atoms. The van der Waals surface area contributed by atoms with Gasteiger partial charge in [0.15, 0.2) is 0 Å². The van der Waals surface area contributed by atoms with Gasteiger partial charge < -0.3 is 4.74 Å². The minimum atomic E-state index is 0.106. The Balaban J connectivity index is 1.98. The van der Waals surface area contributed by atoms with Crippen LogP contribution in [0.25, 0.3) is 0 Å². The van der Waals surface area contributed by atoms with Gasteiger partial charge in [0.1, 0.15) is 5.75 Å². The number of hydrogen-bond acceptors (Lipinski definition) is 4. The fourth-order valence-corrected chi connectivity index (χ4v) is 2.15. The molecule has 0 saturated heterocycles. The van der Waals surface area contributed by atoms with E-state index in [-0.39, 0.29) is 6.04 Å². The average Bonchev–Trinajstić information content (AvgIpc) is 2.87. The van der Waals surface area contributed by atoms with Gasteiger partial charge in [-0.3, -0.25) is 16.0 Å². The second-order valence-electron chi connectivity index (χ2n) is 4.49. The van der Waals surface area contributed by atoms with E-state index >= 15 is 0 Å². The van der Waals surface area contributed by atoms with Gasteiger partial charge in [0.05, 0.1) is 18.8 Å². The van der Waals surface area contributed by atoms with Crippen molar-refractivity contribution in [2.24, 2.45) is 12.9 Å². The molecule has 0 aliphatic heterocycles. The van der Waals surface area contributed by atoms with Crippen molar-refractivity contribution in [3.8, 4) is 5.75 Å². The van der Waals surface area contributed by atoms with Gasteiger partial charge >= 0.3 is 0 Å². The third kappa shape index (κ3) is 3.33. The van der Waals surface area contributed by atoms with E-state index in [1.165, 1.54) is 5.56 Å². The zero-order valence-corrected chi connectivity index (χ0v) is 11.3. The summed E-state index contributed by atoms with van der Waals surface area (Å²) in [6.45, 7) is 0. The van der Waals surface area contributed by atoms with Crippen LogP contribution in [0.4, 0.5) is 0 Å². The predicted octanol–water partition coefficient (Wildman–Crippen LogP) is 1.57. The molecule has 1 atom stereocenters. The van der Waals surface area contributed by atoms with Crippen LogP contribution < -0.4 is 16.0 Å². The lowest BCUT2D eigenvalue weighted by atomic mass is 10.0. The first kappa shape index (κ1) is 13.6. The smallest absolute Gasteiger partial charge is 0.118 e. The molecule has 0 saturated carbocycles. The molecule has 0 aliphatic carbocycles. The Hall–Kier alpha value is -1.85. The van der Waals surface area contributed by atoms with Gasteiger partial charge in [-0.2, -0.15) is 5.10 Å². The van der Waals surface area contributed by atoms with Crippen LogP contribution in [0.2, 0.25) is 0 Å². The summed E-state index contributed by atoms with van der Waals surface area (Å²) in [5.41, 5.74) is 5.21. The van der Waals surface area contributed by atoms with E-state index in [2.05, 4.69) is 22.7 Å². The lowest BCUT2D eigenvalue weighted by Gasteiger charge is -2.16. The highest BCUT2D eigenvalue weighted by molar-refractivity contribution is 5.27. The van der Waals surface area contributed by atoms with E-state index in [1.54, 1.807) is 13.3 Å². The first-order chi connectivity index (χ1) is 9.24. The van der Waals surface area contributed by atoms with E-state index in [0.29, 0.717) is 0 Å². The fraction of sp³-hybridized carbons (Fsp3) is 0.357. The van der Waals surface area contributed by atoms with Crippen LogP contribution in [0.5, 0.6) is 5.75 Å². The number of nitrogens with one attached hydrogen (secondary N) is 1. The highest BCUT2D eigenvalue weighted by Gasteiger charge is 2.13. The van der Waals surface area contributed by atoms with Crippen LogP contribution in [0.15, 0.2) is 36.5 Å². The quantitative estimate of drug-likeness (QED) is 0.611. The number of methoxy groups -OCH3 is 1. The molecule has 5 nitrogen and oxygen atoms in total. The first-order valence-corrected chi connectivity index (χ1v) is 6.31. The van der Waals surface area contributed by atoms with Crippen LogP contribution in [0.1, 0.15) is 23.7 Å². The van der Waals surface area contributed by atoms with Crippen molar-refractivity contribution in [2.45, 2.75) is 18.9 Å². The van der Waals surface area contributed by atoms with Crippen molar-refractivity contribution in [3.05, 3.63) is 47.8 Å². The molecule has 0 aliphatic rings. The topological polar surface area (TPSA) is 65.1 Å². The Bertz CT molecular complexity index is 506. The zero-order chi connectivity index (χ0) is 13.7. The summed E-state index contributed by atoms with van der Waals surface area (Å²) in [6, 6.07) is 10.2. The number of hydrazine groups is 1. The predicted molar refractivity (Wildman–Crippen MR) is 74.6 cm³/mol. The molecular weight excluding hydrogens is 240 g/mol. The second kappa shape index (κ2) is 6.36. The molecule has 0 amide bonds. The van der Waals surface area contributed by atoms with Gasteiger partial charge in [-0.1, -0.05) is 12.1 Å². The van der Waals surface area contributed by atoms with Crippen LogP contribution >= 0.6 is 0 Å². The maximum absolute atomic E-state index is 5.63. The van der Waals surface area contributed by atoms with Crippen molar-refractivity contribution in [1.29, 1.82) is 0 Å². The van der Waals surface area contributed by atoms with Crippen molar-refractivity contribution < 1.29 is 4.74 Å². The van der Waals surface area contributed by atoms with Gasteiger partial charge in [-0.05, 0) is 36.6 Å². The molecule has 1 aromatic carbocycles. The van der Waals surface area contributed by atoms with Gasteiger partial charge in [0.2, 0.25) is 0 Å². The molecule has 0 radical (unpaired) electrons. The van der Waals surface area contributed by atoms with Gasteiger partial charge in [-0.25, -0.2) is 0 Å². The molecule has 0 bridgehead atoms. The summed E-state index contributed by atoms with van der Waals surface area (Å²) < 4.78 is 6.99. The van der Waals surface area contributed by atoms with Crippen molar-refractivity contribution >= 4 is 0 Å². The molecule has 102 valence electrons. The maximum Gasteiger partial charge on any atom is 0.118 e. The van der Waals surface area contributed by atoms with Crippen LogP contribution in [-0.2, 0) is 13.5 Å². The number of ether oxygens (including phenoxy) is 1. The van der Waals surface area contributed by atoms with Crippen LogP contribution in [-0.4, -0.2) is 16.9 Å². The summed E-state index contributed by atoms with van der Waals surface area (Å²) in [5.74, 6) is 6.51. The third-order valence-corrected chi connectivity index (χ3v) is 3.30. The summed E-state index contributed by atoms with van der Waals surface area (Å²) in [5, 5.41) is 4.17. The molecule has 1 heterocycles. The molecule has 5 heteroatoms. The standard InChI is InChI=1S/C14H20N4O/c1-18-14(9-10-16-18)13(17-15)8-5-11-3-6-12(19-2)7-4-11/h3-4,6-7,9-10,13,17H,5,8,15H2,1-2H3. The van der Waals surface area contributed by atoms with Gasteiger partial charge in [0, 0.05) is 13.2 Å². The number of nitrogens with zero attached hydrogens (tertiary/aromatic N) is 2. The molecular formula is C14H20N4O. The fourth-order valence-electron chi connectivity index (χ4n) is 2.15. The zero-order valence-electron chi connectivity index (χ0n) is 11.3. The molecule has 1 unspecified atom stereocenters. The van der Waals surface area contributed by atoms with Crippen LogP contribution in [0, 0.1) is 0 Å². The minimum Gasteiger partial charge on any atom is -0.497 e. The Morgan fingerprint density at radius 1 is 1.32 bits per heavy atom. The molecule has 2 rings (SSSR count). The molecule has 1 aromatic heterocycles. The number of nitrogens with two attached hydrogens (primary N) is 1. The normalized spacial score (nSPS) is 12.4. The third-order valence-electron chi connectivity index (χ3n) is 3.30. The Morgan fingerprint density at radius 3 is 2.58 bits per heavy atom. The average molecular weight is 260 g/mol. The van der Waals surface area contributed by atoms with Crippen molar-refractivity contribution in [2.75, 3.05) is 7.11 Å². The molecule has 2 aromatic rings. The molecule has 0 fully saturated rings. The SMILES string of the molecule is COc1ccc(CCC(NN)c2ccnn2C)cc1. The van der Waals surface area contributed by atoms with E-state index < -0.39 is 0 Å². The van der Waals surface area contributed by atoms with Crippen LogP contribution in [0.3, 0.4) is 0 Å². The minimum absolute atomic E-state index is 0.106. The van der Waals surface area contributed by atoms with E-state index in [1.807, 2.05) is 29.9 Å². The van der Waals surface area contributed by atoms with Crippen molar-refractivity contribution in [1.82, 2.24) is 15.2 Å². The van der Waals surface area contributed by atoms with Crippen molar-refractivity contribution in [3.63, 3.8) is 0 Å². The number of benzene rings is 1. The molecule has 3 N–H and O–H groups in total. The lowest BCUT2D eigenvalue weighted by molar-refractivity contribution is 0.414. The second-order valence-corrected chi connectivity index (χ2v) is 4.49. The number of aryl methyl sites for hydroxylation is 2. The van der Waals surface area contributed by atoms with Gasteiger partial charge in [-0.15, -0.1) is 0 Å². The first-order valence-electron chi connectivity index (χ1n) is 6.31.